The van der Waals surface area contributed by atoms with Crippen LogP contribution < -0.4 is 0 Å². The highest BCUT2D eigenvalue weighted by Crippen LogP contribution is 2.32. The first-order valence-electron chi connectivity index (χ1n) is 9.95. The number of hydrogen-bond donors (Lipinski definition) is 0. The van der Waals surface area contributed by atoms with Crippen LogP contribution in [-0.2, 0) is 0 Å². The van der Waals surface area contributed by atoms with Crippen molar-refractivity contribution < 1.29 is 0 Å². The maximum Gasteiger partial charge on any atom is 0.0181 e. The van der Waals surface area contributed by atoms with Gasteiger partial charge in [-0.05, 0) is 46.7 Å². The molecule has 1 aliphatic rings. The van der Waals surface area contributed by atoms with Gasteiger partial charge in [0.25, 0.3) is 0 Å². The molecule has 0 aromatic carbocycles. The number of likely N-dealkylation sites (tertiary alicyclic amines) is 1. The van der Waals surface area contributed by atoms with Gasteiger partial charge in [0.2, 0.25) is 0 Å². The molecule has 2 nitrogen and oxygen atoms in total. The van der Waals surface area contributed by atoms with Crippen molar-refractivity contribution in [2.75, 3.05) is 27.2 Å². The first-order chi connectivity index (χ1) is 10.5. The average Bonchev–Trinajstić information content (AvgIpc) is 2.52. The van der Waals surface area contributed by atoms with Gasteiger partial charge in [-0.1, -0.05) is 58.8 Å². The molecule has 0 N–H and O–H groups in total. The van der Waals surface area contributed by atoms with E-state index in [1.54, 1.807) is 0 Å². The van der Waals surface area contributed by atoms with Crippen LogP contribution in [0.5, 0.6) is 0 Å². The third kappa shape index (κ3) is 6.58. The average molecular weight is 311 g/mol. The lowest BCUT2D eigenvalue weighted by atomic mass is 9.84. The van der Waals surface area contributed by atoms with Crippen LogP contribution in [0.2, 0.25) is 0 Å². The summed E-state index contributed by atoms with van der Waals surface area (Å²) in [5.41, 5.74) is 0.459. The highest BCUT2D eigenvalue weighted by Gasteiger charge is 2.33. The second kappa shape index (κ2) is 10.6. The lowest BCUT2D eigenvalue weighted by molar-refractivity contribution is 0.0362. The number of piperidine rings is 1. The number of hydrogen-bond acceptors (Lipinski definition) is 2. The van der Waals surface area contributed by atoms with E-state index in [1.165, 1.54) is 83.7 Å². The van der Waals surface area contributed by atoms with E-state index in [-0.39, 0.29) is 0 Å². The SMILES string of the molecule is CCCCCCC(C)(CCCCC)N1CCC(N(C)C)CC1. The normalized spacial score (nSPS) is 20.5. The summed E-state index contributed by atoms with van der Waals surface area (Å²) in [6.07, 6.45) is 15.3. The van der Waals surface area contributed by atoms with Gasteiger partial charge in [0.1, 0.15) is 0 Å². The number of nitrogens with zero attached hydrogens (tertiary/aromatic N) is 2. The molecule has 1 unspecified atom stereocenters. The molecule has 0 bridgehead atoms. The fourth-order valence-corrected chi connectivity index (χ4v) is 4.05. The predicted octanol–water partition coefficient (Wildman–Crippen LogP) is 5.32. The van der Waals surface area contributed by atoms with Gasteiger partial charge in [-0.15, -0.1) is 0 Å². The molecule has 2 heteroatoms. The summed E-state index contributed by atoms with van der Waals surface area (Å²) in [6.45, 7) is 9.80. The van der Waals surface area contributed by atoms with Gasteiger partial charge in [-0.25, -0.2) is 0 Å². The molecule has 1 heterocycles. The first-order valence-corrected chi connectivity index (χ1v) is 9.95. The Labute approximate surface area is 140 Å². The second-order valence-corrected chi connectivity index (χ2v) is 7.95. The molecule has 1 atom stereocenters. The molecule has 0 saturated carbocycles. The fourth-order valence-electron chi connectivity index (χ4n) is 4.05. The fraction of sp³-hybridized carbons (Fsp3) is 1.00. The van der Waals surface area contributed by atoms with E-state index in [0.29, 0.717) is 5.54 Å². The summed E-state index contributed by atoms with van der Waals surface area (Å²) in [5.74, 6) is 0. The molecular weight excluding hydrogens is 268 g/mol. The van der Waals surface area contributed by atoms with Crippen LogP contribution in [0.1, 0.15) is 91.4 Å². The quantitative estimate of drug-likeness (QED) is 0.476. The third-order valence-electron chi connectivity index (χ3n) is 5.85. The zero-order valence-electron chi connectivity index (χ0n) is 16.2. The van der Waals surface area contributed by atoms with E-state index in [4.69, 9.17) is 0 Å². The maximum absolute atomic E-state index is 2.84. The van der Waals surface area contributed by atoms with Gasteiger partial charge in [-0.2, -0.15) is 0 Å². The Bertz CT molecular complexity index is 269. The Morgan fingerprint density at radius 3 is 1.86 bits per heavy atom. The second-order valence-electron chi connectivity index (χ2n) is 7.95. The molecule has 132 valence electrons. The Morgan fingerprint density at radius 2 is 1.36 bits per heavy atom. The molecule has 0 aromatic rings. The van der Waals surface area contributed by atoms with Crippen molar-refractivity contribution >= 4 is 0 Å². The van der Waals surface area contributed by atoms with Crippen molar-refractivity contribution in [3.8, 4) is 0 Å². The molecule has 1 rings (SSSR count). The lowest BCUT2D eigenvalue weighted by Gasteiger charge is -2.46. The van der Waals surface area contributed by atoms with Crippen molar-refractivity contribution in [1.82, 2.24) is 9.80 Å². The largest absolute Gasteiger partial charge is 0.306 e. The van der Waals surface area contributed by atoms with Crippen LogP contribution in [0, 0.1) is 0 Å². The molecule has 1 aliphatic heterocycles. The Balaban J connectivity index is 2.52. The summed E-state index contributed by atoms with van der Waals surface area (Å²) in [6, 6.07) is 0.802. The van der Waals surface area contributed by atoms with E-state index in [1.807, 2.05) is 0 Å². The van der Waals surface area contributed by atoms with E-state index in [2.05, 4.69) is 44.7 Å². The molecule has 22 heavy (non-hydrogen) atoms. The summed E-state index contributed by atoms with van der Waals surface area (Å²) in [5, 5.41) is 0. The lowest BCUT2D eigenvalue weighted by Crippen LogP contribution is -2.52. The van der Waals surface area contributed by atoms with E-state index in [9.17, 15) is 0 Å². The van der Waals surface area contributed by atoms with Crippen LogP contribution in [0.25, 0.3) is 0 Å². The molecule has 0 amide bonds. The van der Waals surface area contributed by atoms with E-state index in [0.717, 1.165) is 6.04 Å². The molecule has 1 fully saturated rings. The predicted molar refractivity (Wildman–Crippen MR) is 99.6 cm³/mol. The summed E-state index contributed by atoms with van der Waals surface area (Å²) in [7, 11) is 4.48. The van der Waals surface area contributed by atoms with Crippen LogP contribution in [0.15, 0.2) is 0 Å². The van der Waals surface area contributed by atoms with Gasteiger partial charge in [0, 0.05) is 24.7 Å². The topological polar surface area (TPSA) is 6.48 Å². The zero-order chi connectivity index (χ0) is 16.4. The highest BCUT2D eigenvalue weighted by atomic mass is 15.2. The van der Waals surface area contributed by atoms with E-state index < -0.39 is 0 Å². The molecular formula is C20H42N2. The highest BCUT2D eigenvalue weighted by molar-refractivity contribution is 4.90. The number of rotatable bonds is 11. The van der Waals surface area contributed by atoms with Crippen LogP contribution in [-0.4, -0.2) is 48.6 Å². The van der Waals surface area contributed by atoms with Crippen molar-refractivity contribution in [1.29, 1.82) is 0 Å². The number of unbranched alkanes of at least 4 members (excludes halogenated alkanes) is 5. The van der Waals surface area contributed by atoms with Gasteiger partial charge in [0.15, 0.2) is 0 Å². The molecule has 1 saturated heterocycles. The molecule has 0 aliphatic carbocycles. The van der Waals surface area contributed by atoms with Crippen molar-refractivity contribution in [2.24, 2.45) is 0 Å². The van der Waals surface area contributed by atoms with Gasteiger partial charge in [-0.3, -0.25) is 4.90 Å². The minimum absolute atomic E-state index is 0.459. The molecule has 0 spiro atoms. The Morgan fingerprint density at radius 1 is 0.864 bits per heavy atom. The van der Waals surface area contributed by atoms with Gasteiger partial charge in [0.05, 0.1) is 0 Å². The maximum atomic E-state index is 2.84. The van der Waals surface area contributed by atoms with E-state index >= 15 is 0 Å². The zero-order valence-corrected chi connectivity index (χ0v) is 16.2. The first kappa shape index (κ1) is 20.0. The minimum atomic E-state index is 0.459. The van der Waals surface area contributed by atoms with Crippen molar-refractivity contribution in [2.45, 2.75) is 103 Å². The summed E-state index contributed by atoms with van der Waals surface area (Å²) in [4.78, 5) is 5.27. The Kier molecular flexibility index (Phi) is 9.66. The standard InChI is InChI=1S/C20H42N2/c1-6-8-10-12-16-20(3,15-11-9-7-2)22-17-13-19(14-18-22)21(4)5/h19H,6-18H2,1-5H3. The summed E-state index contributed by atoms with van der Waals surface area (Å²) >= 11 is 0. The molecule has 0 radical (unpaired) electrons. The summed E-state index contributed by atoms with van der Waals surface area (Å²) < 4.78 is 0. The monoisotopic (exact) mass is 310 g/mol. The van der Waals surface area contributed by atoms with Crippen LogP contribution >= 0.6 is 0 Å². The van der Waals surface area contributed by atoms with Crippen molar-refractivity contribution in [3.63, 3.8) is 0 Å². The van der Waals surface area contributed by atoms with Crippen molar-refractivity contribution in [3.05, 3.63) is 0 Å². The van der Waals surface area contributed by atoms with Gasteiger partial charge >= 0.3 is 0 Å². The van der Waals surface area contributed by atoms with Crippen LogP contribution in [0.4, 0.5) is 0 Å². The smallest absolute Gasteiger partial charge is 0.0181 e. The third-order valence-corrected chi connectivity index (χ3v) is 5.85. The van der Waals surface area contributed by atoms with Gasteiger partial charge < -0.3 is 4.90 Å². The molecule has 0 aromatic heterocycles. The Hall–Kier alpha value is -0.0800. The van der Waals surface area contributed by atoms with Crippen LogP contribution in [0.3, 0.4) is 0 Å². The minimum Gasteiger partial charge on any atom is -0.306 e.